The molecule has 0 saturated heterocycles. The summed E-state index contributed by atoms with van der Waals surface area (Å²) in [6.45, 7) is 0.764. The fourth-order valence-electron chi connectivity index (χ4n) is 10.2. The number of fused-ring (bicyclic) bond motifs is 6. The van der Waals surface area contributed by atoms with Gasteiger partial charge in [-0.1, -0.05) is 103 Å². The molecular formula is C51H49N5S. The van der Waals surface area contributed by atoms with Crippen molar-refractivity contribution in [3.63, 3.8) is 0 Å². The maximum Gasteiger partial charge on any atom is 0.159 e. The lowest BCUT2D eigenvalue weighted by Gasteiger charge is -2.37. The van der Waals surface area contributed by atoms with Crippen molar-refractivity contribution in [3.8, 4) is 0 Å². The molecule has 1 aromatic heterocycles. The Bertz CT molecular complexity index is 2570. The summed E-state index contributed by atoms with van der Waals surface area (Å²) < 4.78 is 2.70. The van der Waals surface area contributed by atoms with Crippen LogP contribution in [0.1, 0.15) is 85.5 Å². The Kier molecular flexibility index (Phi) is 8.91. The van der Waals surface area contributed by atoms with E-state index in [1.54, 1.807) is 11.3 Å². The first-order valence-corrected chi connectivity index (χ1v) is 22.1. The average Bonchev–Trinajstić information content (AvgIpc) is 3.81. The first kappa shape index (κ1) is 34.9. The zero-order chi connectivity index (χ0) is 37.9. The van der Waals surface area contributed by atoms with Crippen molar-refractivity contribution in [2.24, 2.45) is 15.9 Å². The normalized spacial score (nSPS) is 24.1. The van der Waals surface area contributed by atoms with Crippen LogP contribution in [-0.4, -0.2) is 40.0 Å². The summed E-state index contributed by atoms with van der Waals surface area (Å²) >= 11 is 2.06. The monoisotopic (exact) mass is 763 g/mol. The zero-order valence-electron chi connectivity index (χ0n) is 32.8. The summed E-state index contributed by atoms with van der Waals surface area (Å²) in [7, 11) is 2.17. The van der Waals surface area contributed by atoms with Crippen LogP contribution in [0.25, 0.3) is 27.7 Å². The molecule has 0 amide bonds. The molecule has 4 aromatic rings. The van der Waals surface area contributed by atoms with Gasteiger partial charge in [0.25, 0.3) is 0 Å². The van der Waals surface area contributed by atoms with Crippen molar-refractivity contribution < 1.29 is 0 Å². The Labute approximate surface area is 340 Å². The van der Waals surface area contributed by atoms with Crippen LogP contribution in [0.15, 0.2) is 153 Å². The minimum Gasteiger partial charge on any atom is -0.383 e. The smallest absolute Gasteiger partial charge is 0.159 e. The Morgan fingerprint density at radius 1 is 0.860 bits per heavy atom. The second-order valence-electron chi connectivity index (χ2n) is 16.5. The van der Waals surface area contributed by atoms with Gasteiger partial charge in [-0.15, -0.1) is 11.8 Å². The Balaban J connectivity index is 1.05. The molecule has 11 rings (SSSR count). The lowest BCUT2D eigenvalue weighted by Crippen LogP contribution is -2.40. The number of aliphatic imine (C=N–C) groups is 2. The average molecular weight is 764 g/mol. The van der Waals surface area contributed by atoms with Crippen LogP contribution in [0.5, 0.6) is 0 Å². The molecule has 4 aliphatic carbocycles. The van der Waals surface area contributed by atoms with E-state index in [4.69, 9.17) is 9.98 Å². The highest BCUT2D eigenvalue weighted by Crippen LogP contribution is 2.54. The fraction of sp³-hybridized carbons (Fsp3) is 0.294. The topological polar surface area (TPSA) is 44.9 Å². The van der Waals surface area contributed by atoms with Gasteiger partial charge in [-0.05, 0) is 116 Å². The third-order valence-electron chi connectivity index (χ3n) is 13.0. The van der Waals surface area contributed by atoms with Gasteiger partial charge in [0.2, 0.25) is 0 Å². The summed E-state index contributed by atoms with van der Waals surface area (Å²) in [6, 6.07) is 26.7. The van der Waals surface area contributed by atoms with Gasteiger partial charge in [-0.2, -0.15) is 0 Å². The predicted molar refractivity (Wildman–Crippen MR) is 239 cm³/mol. The van der Waals surface area contributed by atoms with Crippen LogP contribution < -0.4 is 5.32 Å². The molecule has 284 valence electrons. The minimum atomic E-state index is -0.194. The quantitative estimate of drug-likeness (QED) is 0.213. The van der Waals surface area contributed by atoms with E-state index in [2.05, 4.69) is 155 Å². The summed E-state index contributed by atoms with van der Waals surface area (Å²) in [6.07, 6.45) is 30.7. The number of thioether (sulfide) groups is 1. The third kappa shape index (κ3) is 6.07. The number of nitrogens with one attached hydrogen (secondary N) is 1. The number of aromatic nitrogens is 1. The number of rotatable bonds is 6. The van der Waals surface area contributed by atoms with Crippen LogP contribution in [-0.2, 0) is 12.8 Å². The van der Waals surface area contributed by atoms with Crippen molar-refractivity contribution in [3.05, 3.63) is 166 Å². The number of likely N-dealkylation sites (N-methyl/N-ethyl adjacent to an activating group) is 1. The molecule has 57 heavy (non-hydrogen) atoms. The van der Waals surface area contributed by atoms with Crippen LogP contribution >= 0.6 is 11.8 Å². The van der Waals surface area contributed by atoms with Crippen LogP contribution in [0.4, 0.5) is 0 Å². The van der Waals surface area contributed by atoms with Gasteiger partial charge >= 0.3 is 0 Å². The van der Waals surface area contributed by atoms with Gasteiger partial charge in [0.15, 0.2) is 5.84 Å². The SMILES string of the molecule is CN1C(C2=C(C3C=CC=C4c5cc6c7c(n(C8=CCCCC8)c6cc5SC43)CCCC7)NCC(c3ccccc3)=C2)=NC(C2=CCCC=C2)=NC1c1ccccc1. The van der Waals surface area contributed by atoms with E-state index in [0.29, 0.717) is 0 Å². The molecule has 3 aromatic carbocycles. The Hall–Kier alpha value is -5.33. The van der Waals surface area contributed by atoms with Crippen LogP contribution in [0.2, 0.25) is 0 Å². The zero-order valence-corrected chi connectivity index (χ0v) is 33.6. The van der Waals surface area contributed by atoms with Gasteiger partial charge < -0.3 is 14.8 Å². The lowest BCUT2D eigenvalue weighted by molar-refractivity contribution is 0.382. The molecule has 0 bridgehead atoms. The highest BCUT2D eigenvalue weighted by molar-refractivity contribution is 8.01. The van der Waals surface area contributed by atoms with Gasteiger partial charge in [-0.3, -0.25) is 0 Å². The second kappa shape index (κ2) is 14.6. The number of hydrogen-bond donors (Lipinski definition) is 1. The highest BCUT2D eigenvalue weighted by atomic mass is 32.2. The Morgan fingerprint density at radius 2 is 1.70 bits per heavy atom. The molecule has 3 unspecified atom stereocenters. The van der Waals surface area contributed by atoms with Gasteiger partial charge in [0.05, 0.1) is 5.52 Å². The van der Waals surface area contributed by atoms with Gasteiger partial charge in [0, 0.05) is 63.3 Å². The Morgan fingerprint density at radius 3 is 2.53 bits per heavy atom. The van der Waals surface area contributed by atoms with E-state index in [1.807, 2.05) is 0 Å². The minimum absolute atomic E-state index is 0.143. The van der Waals surface area contributed by atoms with Crippen molar-refractivity contribution in [1.29, 1.82) is 0 Å². The van der Waals surface area contributed by atoms with Crippen LogP contribution in [0, 0.1) is 5.92 Å². The molecule has 0 fully saturated rings. The molecule has 0 saturated carbocycles. The molecule has 3 atom stereocenters. The molecule has 3 aliphatic heterocycles. The second-order valence-corrected chi connectivity index (χ2v) is 17.7. The van der Waals surface area contributed by atoms with E-state index in [0.717, 1.165) is 47.8 Å². The van der Waals surface area contributed by atoms with Crippen molar-refractivity contribution in [2.45, 2.75) is 80.5 Å². The van der Waals surface area contributed by atoms with Crippen molar-refractivity contribution >= 4 is 51.2 Å². The summed E-state index contributed by atoms with van der Waals surface area (Å²) in [5, 5.41) is 5.79. The van der Waals surface area contributed by atoms with Crippen molar-refractivity contribution in [1.82, 2.24) is 14.8 Å². The number of allylic oxidation sites excluding steroid dienone is 7. The molecule has 7 aliphatic rings. The molecule has 5 nitrogen and oxygen atoms in total. The van der Waals surface area contributed by atoms with Gasteiger partial charge in [-0.25, -0.2) is 9.98 Å². The summed E-state index contributed by atoms with van der Waals surface area (Å²) in [4.78, 5) is 14.5. The maximum absolute atomic E-state index is 5.49. The molecule has 0 radical (unpaired) electrons. The lowest BCUT2D eigenvalue weighted by atomic mass is 9.83. The number of benzene rings is 3. The first-order valence-electron chi connectivity index (χ1n) is 21.2. The number of nitrogens with zero attached hydrogens (tertiary/aromatic N) is 4. The summed E-state index contributed by atoms with van der Waals surface area (Å²) in [5.74, 6) is 1.91. The van der Waals surface area contributed by atoms with Crippen molar-refractivity contribution in [2.75, 3.05) is 13.6 Å². The number of aryl methyl sites for hydroxylation is 1. The standard InChI is InChI=1S/C51H49N5S/c1-55-50(35-21-10-4-11-22-35)53-49(34-19-8-3-9-20-34)54-51(55)43-29-36(33-17-6-2-7-18-33)32-52-47(43)40-27-16-26-39-42-30-41-38-25-14-15-28-44(38)56(37-23-12-5-13-24-37)45(41)31-46(42)57-48(39)40/h2,4,6-8,10-11,16-23,26-27,29-31,40,48,50,52H,3,5,9,12-15,24-25,28,32H2,1H3. The van der Waals surface area contributed by atoms with E-state index in [1.165, 1.54) is 101 Å². The van der Waals surface area contributed by atoms with E-state index >= 15 is 0 Å². The summed E-state index contributed by atoms with van der Waals surface area (Å²) in [5.41, 5.74) is 16.2. The number of dihydropyridines is 1. The molecule has 4 heterocycles. The van der Waals surface area contributed by atoms with Crippen LogP contribution in [0.3, 0.4) is 0 Å². The molecule has 6 heteroatoms. The van der Waals surface area contributed by atoms with E-state index in [-0.39, 0.29) is 17.3 Å². The largest absolute Gasteiger partial charge is 0.383 e. The maximum atomic E-state index is 5.49. The molecular weight excluding hydrogens is 715 g/mol. The van der Waals surface area contributed by atoms with E-state index < -0.39 is 0 Å². The number of hydrogen-bond acceptors (Lipinski definition) is 5. The van der Waals surface area contributed by atoms with Gasteiger partial charge in [0.1, 0.15) is 12.0 Å². The molecule has 0 spiro atoms. The molecule has 1 N–H and O–H groups in total. The first-order chi connectivity index (χ1) is 28.2. The fourth-order valence-corrected chi connectivity index (χ4v) is 11.7. The van der Waals surface area contributed by atoms with E-state index in [9.17, 15) is 0 Å². The predicted octanol–water partition coefficient (Wildman–Crippen LogP) is 11.6. The number of amidine groups is 2. The third-order valence-corrected chi connectivity index (χ3v) is 14.4. The highest BCUT2D eigenvalue weighted by Gasteiger charge is 2.40.